The molecule has 8 heteroatoms. The van der Waals surface area contributed by atoms with Gasteiger partial charge in [0.1, 0.15) is 5.75 Å². The summed E-state index contributed by atoms with van der Waals surface area (Å²) < 4.78 is 0. The number of hydrogen-bond acceptors (Lipinski definition) is 6. The molecule has 0 bridgehead atoms. The van der Waals surface area contributed by atoms with Crippen LogP contribution in [0.5, 0.6) is 5.75 Å². The Morgan fingerprint density at radius 2 is 1.79 bits per heavy atom. The highest BCUT2D eigenvalue weighted by atomic mass is 32.1. The third-order valence-electron chi connectivity index (χ3n) is 5.41. The Kier molecular flexibility index (Phi) is 5.13. The highest BCUT2D eigenvalue weighted by Crippen LogP contribution is 2.38. The molecule has 1 aliphatic carbocycles. The molecular formula is C20H21N3O4S. The van der Waals surface area contributed by atoms with E-state index < -0.39 is 0 Å². The van der Waals surface area contributed by atoms with Crippen LogP contribution in [0.3, 0.4) is 0 Å². The number of phenols is 1. The molecule has 0 radical (unpaired) electrons. The fourth-order valence-corrected chi connectivity index (χ4v) is 4.68. The summed E-state index contributed by atoms with van der Waals surface area (Å²) in [7, 11) is 0. The van der Waals surface area contributed by atoms with Crippen molar-refractivity contribution in [1.29, 1.82) is 0 Å². The van der Waals surface area contributed by atoms with Gasteiger partial charge in [-0.3, -0.25) is 19.3 Å². The maximum absolute atomic E-state index is 12.5. The Hall–Kier alpha value is -2.74. The Labute approximate surface area is 166 Å². The predicted octanol–water partition coefficient (Wildman–Crippen LogP) is 3.02. The fraction of sp³-hybridized carbons (Fsp3) is 0.400. The van der Waals surface area contributed by atoms with Crippen molar-refractivity contribution in [3.05, 3.63) is 29.6 Å². The van der Waals surface area contributed by atoms with Gasteiger partial charge in [0.05, 0.1) is 17.5 Å². The predicted molar refractivity (Wildman–Crippen MR) is 105 cm³/mol. The first-order chi connectivity index (χ1) is 13.5. The molecule has 0 spiro atoms. The van der Waals surface area contributed by atoms with Crippen LogP contribution in [0.1, 0.15) is 32.1 Å². The number of aromatic nitrogens is 1. The van der Waals surface area contributed by atoms with Gasteiger partial charge in [-0.15, -0.1) is 11.3 Å². The Morgan fingerprint density at radius 3 is 2.43 bits per heavy atom. The van der Waals surface area contributed by atoms with Crippen LogP contribution in [0.25, 0.3) is 11.3 Å². The SMILES string of the molecule is O=C(CCN1C(=O)[C@H]2CCCC[C@H]2C1=O)Nc1nc(-c2ccc(O)cc2)cs1. The van der Waals surface area contributed by atoms with Gasteiger partial charge < -0.3 is 10.4 Å². The van der Waals surface area contributed by atoms with E-state index in [1.807, 2.05) is 5.38 Å². The zero-order valence-corrected chi connectivity index (χ0v) is 16.1. The van der Waals surface area contributed by atoms with E-state index in [0.29, 0.717) is 10.8 Å². The fourth-order valence-electron chi connectivity index (χ4n) is 3.94. The van der Waals surface area contributed by atoms with Crippen molar-refractivity contribution < 1.29 is 19.5 Å². The number of likely N-dealkylation sites (tertiary alicyclic amines) is 1. The number of carbonyl (C=O) groups excluding carboxylic acids is 3. The van der Waals surface area contributed by atoms with Crippen LogP contribution < -0.4 is 5.32 Å². The van der Waals surface area contributed by atoms with Gasteiger partial charge in [0.2, 0.25) is 17.7 Å². The average Bonchev–Trinajstić information content (AvgIpc) is 3.25. The van der Waals surface area contributed by atoms with Crippen molar-refractivity contribution in [2.45, 2.75) is 32.1 Å². The number of aromatic hydroxyl groups is 1. The number of amides is 3. The maximum atomic E-state index is 12.5. The minimum absolute atomic E-state index is 0.0606. The van der Waals surface area contributed by atoms with Crippen LogP contribution in [0.15, 0.2) is 29.6 Å². The monoisotopic (exact) mass is 399 g/mol. The quantitative estimate of drug-likeness (QED) is 0.753. The topological polar surface area (TPSA) is 99.6 Å². The number of anilines is 1. The molecule has 1 aromatic carbocycles. The number of nitrogens with zero attached hydrogens (tertiary/aromatic N) is 2. The number of nitrogens with one attached hydrogen (secondary N) is 1. The van der Waals surface area contributed by atoms with E-state index >= 15 is 0 Å². The summed E-state index contributed by atoms with van der Waals surface area (Å²) in [4.78, 5) is 42.8. The van der Waals surface area contributed by atoms with E-state index in [-0.39, 0.29) is 48.3 Å². The lowest BCUT2D eigenvalue weighted by molar-refractivity contribution is -0.140. The third kappa shape index (κ3) is 3.64. The van der Waals surface area contributed by atoms with Crippen LogP contribution >= 0.6 is 11.3 Å². The molecule has 2 heterocycles. The lowest BCUT2D eigenvalue weighted by Crippen LogP contribution is -2.34. The molecule has 3 amide bonds. The minimum Gasteiger partial charge on any atom is -0.508 e. The van der Waals surface area contributed by atoms with Crippen molar-refractivity contribution in [2.24, 2.45) is 11.8 Å². The van der Waals surface area contributed by atoms with Gasteiger partial charge in [-0.2, -0.15) is 0 Å². The molecule has 7 nitrogen and oxygen atoms in total. The molecule has 1 saturated carbocycles. The van der Waals surface area contributed by atoms with Crippen LogP contribution in [0.4, 0.5) is 5.13 Å². The van der Waals surface area contributed by atoms with Gasteiger partial charge in [-0.25, -0.2) is 4.98 Å². The highest BCUT2D eigenvalue weighted by molar-refractivity contribution is 7.14. The van der Waals surface area contributed by atoms with Gasteiger partial charge in [0.25, 0.3) is 0 Å². The molecule has 28 heavy (non-hydrogen) atoms. The van der Waals surface area contributed by atoms with Crippen LogP contribution in [-0.4, -0.2) is 39.3 Å². The lowest BCUT2D eigenvalue weighted by atomic mass is 9.81. The van der Waals surface area contributed by atoms with E-state index in [1.165, 1.54) is 16.2 Å². The third-order valence-corrected chi connectivity index (χ3v) is 6.17. The normalized spacial score (nSPS) is 21.6. The van der Waals surface area contributed by atoms with Crippen molar-refractivity contribution in [3.8, 4) is 17.0 Å². The van der Waals surface area contributed by atoms with Gasteiger partial charge in [-0.1, -0.05) is 12.8 Å². The molecule has 1 saturated heterocycles. The average molecular weight is 399 g/mol. The summed E-state index contributed by atoms with van der Waals surface area (Å²) in [5, 5.41) is 14.4. The second kappa shape index (κ2) is 7.71. The number of imide groups is 1. The van der Waals surface area contributed by atoms with E-state index in [0.717, 1.165) is 31.2 Å². The van der Waals surface area contributed by atoms with Gasteiger partial charge in [0.15, 0.2) is 5.13 Å². The number of fused-ring (bicyclic) bond motifs is 1. The van der Waals surface area contributed by atoms with Gasteiger partial charge >= 0.3 is 0 Å². The summed E-state index contributed by atoms with van der Waals surface area (Å²) >= 11 is 1.30. The van der Waals surface area contributed by atoms with Gasteiger partial charge in [-0.05, 0) is 37.1 Å². The standard InChI is InChI=1S/C20H21N3O4S/c24-13-7-5-12(6-8-13)16-11-28-20(21-16)22-17(25)9-10-23-18(26)14-3-1-2-4-15(14)19(23)27/h5-8,11,14-15,24H,1-4,9-10H2,(H,21,22,25)/t14-,15+. The minimum atomic E-state index is -0.276. The number of benzene rings is 1. The highest BCUT2D eigenvalue weighted by Gasteiger charge is 2.47. The summed E-state index contributed by atoms with van der Waals surface area (Å²) in [6.45, 7) is 0.118. The maximum Gasteiger partial charge on any atom is 0.233 e. The molecule has 1 aliphatic heterocycles. The Morgan fingerprint density at radius 1 is 1.14 bits per heavy atom. The van der Waals surface area contributed by atoms with Crippen LogP contribution in [-0.2, 0) is 14.4 Å². The first-order valence-electron chi connectivity index (χ1n) is 9.43. The second-order valence-corrected chi connectivity index (χ2v) is 8.07. The second-order valence-electron chi connectivity index (χ2n) is 7.21. The first kappa shape index (κ1) is 18.6. The molecular weight excluding hydrogens is 378 g/mol. The smallest absolute Gasteiger partial charge is 0.233 e. The number of hydrogen-bond donors (Lipinski definition) is 2. The summed E-state index contributed by atoms with van der Waals surface area (Å²) in [6.07, 6.45) is 3.59. The summed E-state index contributed by atoms with van der Waals surface area (Å²) in [5.74, 6) is -0.703. The van der Waals surface area contributed by atoms with Crippen molar-refractivity contribution in [1.82, 2.24) is 9.88 Å². The number of thiazole rings is 1. The van der Waals surface area contributed by atoms with Crippen molar-refractivity contribution >= 4 is 34.2 Å². The summed E-state index contributed by atoms with van der Waals surface area (Å²) in [6, 6.07) is 6.66. The van der Waals surface area contributed by atoms with E-state index in [9.17, 15) is 19.5 Å². The van der Waals surface area contributed by atoms with E-state index in [2.05, 4.69) is 10.3 Å². The van der Waals surface area contributed by atoms with Crippen LogP contribution in [0, 0.1) is 11.8 Å². The Bertz CT molecular complexity index is 884. The molecule has 1 aromatic heterocycles. The largest absolute Gasteiger partial charge is 0.508 e. The van der Waals surface area contributed by atoms with Gasteiger partial charge in [0, 0.05) is 23.9 Å². The van der Waals surface area contributed by atoms with Crippen molar-refractivity contribution in [2.75, 3.05) is 11.9 Å². The molecule has 2 atom stereocenters. The van der Waals surface area contributed by atoms with Crippen molar-refractivity contribution in [3.63, 3.8) is 0 Å². The Balaban J connectivity index is 1.33. The number of rotatable bonds is 5. The van der Waals surface area contributed by atoms with Crippen LogP contribution in [0.2, 0.25) is 0 Å². The molecule has 2 fully saturated rings. The van der Waals surface area contributed by atoms with E-state index in [4.69, 9.17) is 0 Å². The molecule has 2 N–H and O–H groups in total. The molecule has 2 aromatic rings. The summed E-state index contributed by atoms with van der Waals surface area (Å²) in [5.41, 5.74) is 1.54. The number of phenolic OH excluding ortho intramolecular Hbond substituents is 1. The lowest BCUT2D eigenvalue weighted by Gasteiger charge is -2.19. The number of carbonyl (C=O) groups is 3. The molecule has 2 aliphatic rings. The zero-order valence-electron chi connectivity index (χ0n) is 15.3. The molecule has 0 unspecified atom stereocenters. The molecule has 4 rings (SSSR count). The van der Waals surface area contributed by atoms with E-state index in [1.54, 1.807) is 24.3 Å². The zero-order chi connectivity index (χ0) is 19.7. The first-order valence-corrected chi connectivity index (χ1v) is 10.3. The molecule has 146 valence electrons.